The van der Waals surface area contributed by atoms with Gasteiger partial charge in [-0.1, -0.05) is 0 Å². The molecule has 72 valence electrons. The molecule has 0 spiro atoms. The van der Waals surface area contributed by atoms with E-state index in [1.54, 1.807) is 17.0 Å². The lowest BCUT2D eigenvalue weighted by Crippen LogP contribution is -1.92. The minimum atomic E-state index is -0.474. The second kappa shape index (κ2) is 5.04. The lowest BCUT2D eigenvalue weighted by atomic mass is 10.2. The van der Waals surface area contributed by atoms with Crippen molar-refractivity contribution in [3.05, 3.63) is 23.5 Å². The monoisotopic (exact) mass is 220 g/mol. The molecule has 0 aromatic carbocycles. The molecule has 0 atom stereocenters. The fraction of sp³-hybridized carbons (Fsp3) is 0.250. The molecular weight excluding hydrogens is 211 g/mol. The summed E-state index contributed by atoms with van der Waals surface area (Å²) in [6.07, 6.45) is 4.65. The van der Waals surface area contributed by atoms with E-state index in [2.05, 4.69) is 5.10 Å². The summed E-state index contributed by atoms with van der Waals surface area (Å²) >= 11 is 5.13. The topological polar surface area (TPSA) is 34.9 Å². The first-order chi connectivity index (χ1) is 5.61. The highest BCUT2D eigenvalue weighted by atomic mass is 35.5. The van der Waals surface area contributed by atoms with Crippen LogP contribution >= 0.6 is 24.0 Å². The van der Waals surface area contributed by atoms with Crippen LogP contribution in [0.15, 0.2) is 12.3 Å². The molecule has 0 saturated heterocycles. The number of hydrogen-bond acceptors (Lipinski definition) is 2. The Kier molecular flexibility index (Phi) is 4.73. The van der Waals surface area contributed by atoms with Gasteiger partial charge >= 0.3 is 0 Å². The van der Waals surface area contributed by atoms with Gasteiger partial charge < -0.3 is 0 Å². The van der Waals surface area contributed by atoms with Crippen molar-refractivity contribution in [2.24, 2.45) is 7.05 Å². The first kappa shape index (κ1) is 12.2. The number of aryl methyl sites for hydroxylation is 1. The van der Waals surface area contributed by atoms with E-state index >= 15 is 0 Å². The zero-order valence-electron chi connectivity index (χ0n) is 7.32. The molecule has 1 aromatic rings. The van der Waals surface area contributed by atoms with E-state index in [1.165, 1.54) is 6.08 Å². The van der Waals surface area contributed by atoms with Gasteiger partial charge in [0.05, 0.1) is 6.20 Å². The first-order valence-corrected chi connectivity index (χ1v) is 3.85. The Labute approximate surface area is 87.8 Å². The Balaban J connectivity index is 0.00000144. The number of aromatic nitrogens is 2. The van der Waals surface area contributed by atoms with Gasteiger partial charge in [-0.25, -0.2) is 0 Å². The van der Waals surface area contributed by atoms with Crippen molar-refractivity contribution in [3.63, 3.8) is 0 Å². The SMILES string of the molecule is Cc1c(/C=C/C(=O)Cl)cnn1C.Cl. The minimum Gasteiger partial charge on any atom is -0.276 e. The summed E-state index contributed by atoms with van der Waals surface area (Å²) in [6, 6.07) is 0. The standard InChI is InChI=1S/C8H9ClN2O.ClH/c1-6-7(3-4-8(9)12)5-10-11(6)2;/h3-5H,1-2H3;1H/b4-3+;. The van der Waals surface area contributed by atoms with Crippen molar-refractivity contribution in [2.45, 2.75) is 6.92 Å². The molecule has 1 rings (SSSR count). The van der Waals surface area contributed by atoms with Crippen LogP contribution in [0.5, 0.6) is 0 Å². The van der Waals surface area contributed by atoms with Gasteiger partial charge in [0.25, 0.3) is 0 Å². The van der Waals surface area contributed by atoms with E-state index < -0.39 is 5.24 Å². The number of carbonyl (C=O) groups is 1. The highest BCUT2D eigenvalue weighted by Gasteiger charge is 1.98. The first-order valence-electron chi connectivity index (χ1n) is 3.47. The molecule has 1 aromatic heterocycles. The molecule has 0 aliphatic heterocycles. The van der Waals surface area contributed by atoms with E-state index in [0.29, 0.717) is 0 Å². The fourth-order valence-corrected chi connectivity index (χ4v) is 0.898. The Morgan fingerprint density at radius 3 is 2.69 bits per heavy atom. The number of carbonyl (C=O) groups excluding carboxylic acids is 1. The second-order valence-electron chi connectivity index (χ2n) is 2.45. The van der Waals surface area contributed by atoms with Crippen LogP contribution in [0, 0.1) is 6.92 Å². The molecule has 0 amide bonds. The number of halogens is 2. The molecule has 0 radical (unpaired) electrons. The van der Waals surface area contributed by atoms with Gasteiger partial charge in [-0.05, 0) is 30.7 Å². The van der Waals surface area contributed by atoms with Gasteiger partial charge in [0.2, 0.25) is 5.24 Å². The summed E-state index contributed by atoms with van der Waals surface area (Å²) in [5, 5.41) is 3.53. The van der Waals surface area contributed by atoms with Crippen LogP contribution in [-0.4, -0.2) is 15.0 Å². The van der Waals surface area contributed by atoms with Crippen LogP contribution in [0.25, 0.3) is 6.08 Å². The van der Waals surface area contributed by atoms with Crippen molar-refractivity contribution < 1.29 is 4.79 Å². The third-order valence-electron chi connectivity index (χ3n) is 1.67. The molecule has 0 aliphatic carbocycles. The lowest BCUT2D eigenvalue weighted by molar-refractivity contribution is -0.107. The summed E-state index contributed by atoms with van der Waals surface area (Å²) in [5.74, 6) is 0. The van der Waals surface area contributed by atoms with Gasteiger partial charge in [-0.15, -0.1) is 12.4 Å². The van der Waals surface area contributed by atoms with Gasteiger partial charge in [0.15, 0.2) is 0 Å². The average molecular weight is 221 g/mol. The highest BCUT2D eigenvalue weighted by molar-refractivity contribution is 6.66. The van der Waals surface area contributed by atoms with Crippen molar-refractivity contribution >= 4 is 35.3 Å². The molecule has 1 heterocycles. The largest absolute Gasteiger partial charge is 0.276 e. The van der Waals surface area contributed by atoms with Crippen LogP contribution in [0.4, 0.5) is 0 Å². The van der Waals surface area contributed by atoms with Gasteiger partial charge in [-0.3, -0.25) is 9.48 Å². The smallest absolute Gasteiger partial charge is 0.245 e. The van der Waals surface area contributed by atoms with Gasteiger partial charge in [0.1, 0.15) is 0 Å². The van der Waals surface area contributed by atoms with E-state index in [9.17, 15) is 4.79 Å². The molecule has 0 fully saturated rings. The van der Waals surface area contributed by atoms with Crippen molar-refractivity contribution in [1.82, 2.24) is 9.78 Å². The normalized spacial score (nSPS) is 10.1. The Bertz CT molecular complexity index is 331. The molecule has 0 saturated carbocycles. The number of allylic oxidation sites excluding steroid dienone is 1. The molecule has 0 bridgehead atoms. The van der Waals surface area contributed by atoms with Crippen molar-refractivity contribution in [2.75, 3.05) is 0 Å². The summed E-state index contributed by atoms with van der Waals surface area (Å²) in [7, 11) is 1.84. The molecule has 5 heteroatoms. The van der Waals surface area contributed by atoms with E-state index in [0.717, 1.165) is 11.3 Å². The van der Waals surface area contributed by atoms with Crippen LogP contribution in [0.2, 0.25) is 0 Å². The summed E-state index contributed by atoms with van der Waals surface area (Å²) < 4.78 is 1.73. The van der Waals surface area contributed by atoms with E-state index in [4.69, 9.17) is 11.6 Å². The van der Waals surface area contributed by atoms with Gasteiger partial charge in [0, 0.05) is 18.3 Å². The number of nitrogens with zero attached hydrogens (tertiary/aromatic N) is 2. The molecule has 0 unspecified atom stereocenters. The maximum atomic E-state index is 10.4. The highest BCUT2D eigenvalue weighted by Crippen LogP contribution is 2.07. The number of rotatable bonds is 2. The van der Waals surface area contributed by atoms with Crippen LogP contribution in [-0.2, 0) is 11.8 Å². The Morgan fingerprint density at radius 2 is 2.31 bits per heavy atom. The number of hydrogen-bond donors (Lipinski definition) is 0. The summed E-state index contributed by atoms with van der Waals surface area (Å²) in [4.78, 5) is 10.4. The van der Waals surface area contributed by atoms with E-state index in [-0.39, 0.29) is 12.4 Å². The Morgan fingerprint density at radius 1 is 1.69 bits per heavy atom. The molecule has 3 nitrogen and oxygen atoms in total. The second-order valence-corrected chi connectivity index (χ2v) is 2.82. The predicted molar refractivity (Wildman–Crippen MR) is 55.1 cm³/mol. The summed E-state index contributed by atoms with van der Waals surface area (Å²) in [6.45, 7) is 1.92. The average Bonchev–Trinajstić information content (AvgIpc) is 2.30. The lowest BCUT2D eigenvalue weighted by Gasteiger charge is -1.92. The molecule has 0 N–H and O–H groups in total. The maximum absolute atomic E-state index is 10.4. The van der Waals surface area contributed by atoms with Crippen molar-refractivity contribution in [3.8, 4) is 0 Å². The molecular formula is C8H10Cl2N2O. The predicted octanol–water partition coefficient (Wildman–Crippen LogP) is 1.93. The quantitative estimate of drug-likeness (QED) is 0.564. The van der Waals surface area contributed by atoms with Crippen LogP contribution < -0.4 is 0 Å². The van der Waals surface area contributed by atoms with Crippen molar-refractivity contribution in [1.29, 1.82) is 0 Å². The fourth-order valence-electron chi connectivity index (χ4n) is 0.835. The third kappa shape index (κ3) is 3.20. The zero-order chi connectivity index (χ0) is 9.14. The summed E-state index contributed by atoms with van der Waals surface area (Å²) in [5.41, 5.74) is 1.91. The third-order valence-corrected chi connectivity index (χ3v) is 1.79. The Hall–Kier alpha value is -0.800. The molecule has 13 heavy (non-hydrogen) atoms. The van der Waals surface area contributed by atoms with Crippen LogP contribution in [0.3, 0.4) is 0 Å². The minimum absolute atomic E-state index is 0. The maximum Gasteiger partial charge on any atom is 0.245 e. The van der Waals surface area contributed by atoms with Gasteiger partial charge in [-0.2, -0.15) is 5.10 Å². The van der Waals surface area contributed by atoms with Crippen LogP contribution in [0.1, 0.15) is 11.3 Å². The zero-order valence-corrected chi connectivity index (χ0v) is 8.89. The van der Waals surface area contributed by atoms with E-state index in [1.807, 2.05) is 14.0 Å². The molecule has 0 aliphatic rings.